The Balaban J connectivity index is 2.74. The van der Waals surface area contributed by atoms with Gasteiger partial charge in [-0.2, -0.15) is 52.7 Å². The maximum absolute atomic E-state index is 14.2. The smallest absolute Gasteiger partial charge is 0.410 e. The third-order valence-electron chi connectivity index (χ3n) is 5.88. The van der Waals surface area contributed by atoms with Gasteiger partial charge in [0, 0.05) is 29.9 Å². The number of nitrogens with zero attached hydrogens (tertiary/aromatic N) is 1. The van der Waals surface area contributed by atoms with Crippen molar-refractivity contribution in [3.05, 3.63) is 35.8 Å². The van der Waals surface area contributed by atoms with E-state index >= 15 is 0 Å². The topological polar surface area (TPSA) is 41.8 Å². The van der Waals surface area contributed by atoms with Gasteiger partial charge < -0.3 is 9.84 Å². The van der Waals surface area contributed by atoms with Crippen LogP contribution in [0.2, 0.25) is 0 Å². The number of ether oxygens (including phenoxy) is 1. The van der Waals surface area contributed by atoms with Crippen LogP contribution in [-0.4, -0.2) is 47.7 Å². The van der Waals surface area contributed by atoms with Crippen molar-refractivity contribution in [2.45, 2.75) is 82.9 Å². The van der Waals surface area contributed by atoms with Crippen molar-refractivity contribution in [3.63, 3.8) is 0 Å². The lowest BCUT2D eigenvalue weighted by molar-refractivity contribution is -0.306. The summed E-state index contributed by atoms with van der Waals surface area (Å²) in [6.45, 7) is 2.63. The Labute approximate surface area is 203 Å². The zero-order valence-corrected chi connectivity index (χ0v) is 19.3. The Hall–Kier alpha value is -2.19. The molecule has 0 amide bonds. The fourth-order valence-corrected chi connectivity index (χ4v) is 4.17. The first-order chi connectivity index (χ1) is 16.5. The fraction of sp³-hybridized carbons (Fsp3) is 0.682. The first kappa shape index (κ1) is 31.0. The number of halogens is 12. The number of aliphatic hydroxyl groups is 1. The van der Waals surface area contributed by atoms with E-state index in [1.165, 1.54) is 13.8 Å². The van der Waals surface area contributed by atoms with E-state index in [2.05, 4.69) is 4.99 Å². The first-order valence-electron chi connectivity index (χ1n) is 10.9. The van der Waals surface area contributed by atoms with Crippen molar-refractivity contribution in [1.82, 2.24) is 0 Å². The van der Waals surface area contributed by atoms with Gasteiger partial charge in [0.1, 0.15) is 0 Å². The third-order valence-corrected chi connectivity index (χ3v) is 5.88. The summed E-state index contributed by atoms with van der Waals surface area (Å²) in [5.74, 6) is -1.02. The molecule has 0 aromatic rings. The number of allylic oxidation sites excluding steroid dienone is 3. The van der Waals surface area contributed by atoms with Crippen LogP contribution in [0.4, 0.5) is 52.7 Å². The average molecular weight is 561 g/mol. The van der Waals surface area contributed by atoms with Crippen LogP contribution in [-0.2, 0) is 4.74 Å². The van der Waals surface area contributed by atoms with Crippen molar-refractivity contribution in [2.75, 3.05) is 0 Å². The molecule has 37 heavy (non-hydrogen) atoms. The quantitative estimate of drug-likeness (QED) is 0.308. The lowest BCUT2D eigenvalue weighted by Crippen LogP contribution is -2.54. The molecule has 1 aliphatic heterocycles. The number of rotatable bonds is 8. The maximum Gasteiger partial charge on any atom is 0.410 e. The molecule has 0 fully saturated rings. The molecule has 2 aliphatic rings. The number of aliphatic imine (C=N–C) groups is 1. The van der Waals surface area contributed by atoms with Crippen molar-refractivity contribution < 1.29 is 62.5 Å². The fourth-order valence-electron chi connectivity index (χ4n) is 4.17. The summed E-state index contributed by atoms with van der Waals surface area (Å²) in [6, 6.07) is 0. The van der Waals surface area contributed by atoms with E-state index in [0.29, 0.717) is 6.08 Å². The van der Waals surface area contributed by atoms with E-state index in [4.69, 9.17) is 4.74 Å². The van der Waals surface area contributed by atoms with Crippen molar-refractivity contribution in [3.8, 4) is 0 Å². The van der Waals surface area contributed by atoms with Crippen molar-refractivity contribution >= 4 is 5.71 Å². The van der Waals surface area contributed by atoms with Crippen LogP contribution in [0.15, 0.2) is 40.8 Å². The van der Waals surface area contributed by atoms with Gasteiger partial charge in [-0.25, -0.2) is 4.99 Å². The van der Waals surface area contributed by atoms with Gasteiger partial charge in [-0.15, -0.1) is 0 Å². The number of aliphatic hydroxyl groups excluding tert-OH is 1. The van der Waals surface area contributed by atoms with Crippen LogP contribution in [0.1, 0.15) is 46.0 Å². The normalized spacial score (nSPS) is 23.3. The lowest BCUT2D eigenvalue weighted by atomic mass is 9.65. The van der Waals surface area contributed by atoms with E-state index in [9.17, 15) is 57.8 Å². The minimum atomic E-state index is -6.08. The Morgan fingerprint density at radius 2 is 1.41 bits per heavy atom. The van der Waals surface area contributed by atoms with Gasteiger partial charge in [-0.1, -0.05) is 12.2 Å². The van der Waals surface area contributed by atoms with E-state index in [0.717, 1.165) is 6.08 Å². The predicted octanol–water partition coefficient (Wildman–Crippen LogP) is 7.74. The second-order valence-corrected chi connectivity index (χ2v) is 9.09. The maximum atomic E-state index is 14.2. The zero-order valence-electron chi connectivity index (χ0n) is 19.3. The zero-order chi connectivity index (χ0) is 28.7. The van der Waals surface area contributed by atoms with Gasteiger partial charge in [0.25, 0.3) is 0 Å². The summed E-state index contributed by atoms with van der Waals surface area (Å²) in [6.07, 6.45) is -29.7. The van der Waals surface area contributed by atoms with Gasteiger partial charge in [-0.05, 0) is 39.2 Å². The summed E-state index contributed by atoms with van der Waals surface area (Å²) in [7, 11) is 0. The molecule has 0 aromatic carbocycles. The van der Waals surface area contributed by atoms with E-state index in [1.54, 1.807) is 0 Å². The van der Waals surface area contributed by atoms with E-state index in [-0.39, 0.29) is 12.2 Å². The molecule has 2 rings (SSSR count). The Kier molecular flexibility index (Phi) is 8.53. The number of hydrogen-bond acceptors (Lipinski definition) is 3. The van der Waals surface area contributed by atoms with Crippen LogP contribution < -0.4 is 0 Å². The van der Waals surface area contributed by atoms with Crippen molar-refractivity contribution in [2.24, 2.45) is 15.8 Å². The molecular weight excluding hydrogens is 538 g/mol. The Morgan fingerprint density at radius 1 is 0.865 bits per heavy atom. The molecule has 1 aliphatic carbocycles. The summed E-state index contributed by atoms with van der Waals surface area (Å²) >= 11 is 0. The van der Waals surface area contributed by atoms with Crippen LogP contribution in [0.25, 0.3) is 0 Å². The molecule has 0 spiro atoms. The molecule has 0 bridgehead atoms. The molecule has 3 nitrogen and oxygen atoms in total. The summed E-state index contributed by atoms with van der Waals surface area (Å²) in [4.78, 5) is 3.65. The van der Waals surface area contributed by atoms with Gasteiger partial charge >= 0.3 is 24.7 Å². The summed E-state index contributed by atoms with van der Waals surface area (Å²) < 4.78 is 167. The minimum Gasteiger partial charge on any atom is -0.475 e. The highest BCUT2D eigenvalue weighted by atomic mass is 19.4. The van der Waals surface area contributed by atoms with Gasteiger partial charge in [-0.3, -0.25) is 0 Å². The average Bonchev–Trinajstić information content (AvgIpc) is 2.67. The molecule has 1 N–H and O–H groups in total. The molecule has 2 atom stereocenters. The molecule has 0 radical (unpaired) electrons. The third kappa shape index (κ3) is 7.02. The molecule has 0 aromatic heterocycles. The number of fused-ring (bicyclic) bond motifs is 1. The lowest BCUT2D eigenvalue weighted by Gasteiger charge is -2.44. The predicted molar refractivity (Wildman–Crippen MR) is 107 cm³/mol. The number of alkyl halides is 12. The van der Waals surface area contributed by atoms with Crippen LogP contribution in [0.5, 0.6) is 0 Å². The Bertz CT molecular complexity index is 937. The summed E-state index contributed by atoms with van der Waals surface area (Å²) in [5, 5.41) is 10.5. The highest BCUT2D eigenvalue weighted by Gasteiger charge is 2.73. The second-order valence-electron chi connectivity index (χ2n) is 9.09. The minimum absolute atomic E-state index is 0.257. The monoisotopic (exact) mass is 561 g/mol. The largest absolute Gasteiger partial charge is 0.475 e. The van der Waals surface area contributed by atoms with Crippen LogP contribution >= 0.6 is 0 Å². The van der Waals surface area contributed by atoms with E-state index < -0.39 is 97.0 Å². The van der Waals surface area contributed by atoms with Crippen molar-refractivity contribution in [1.29, 1.82) is 0 Å². The standard InChI is InChI=1S/C22H23F12NO2/c1-12(2)37-16-11-18(21(29,30)31,22(32,33)34)13-10-17(8-4-14(13)35-16,6-3-7-19(23,24)25)15(36)5-9-20(26,27)28/h4,8,10-12,15,36H,3,5-7,9H2,1-2H3. The Morgan fingerprint density at radius 3 is 1.86 bits per heavy atom. The summed E-state index contributed by atoms with van der Waals surface area (Å²) in [5.41, 5.74) is -9.63. The highest BCUT2D eigenvalue weighted by Crippen LogP contribution is 2.60. The molecule has 0 saturated carbocycles. The van der Waals surface area contributed by atoms with Gasteiger partial charge in [0.15, 0.2) is 0 Å². The van der Waals surface area contributed by atoms with Gasteiger partial charge in [0.2, 0.25) is 11.3 Å². The number of hydrogen-bond donors (Lipinski definition) is 1. The molecule has 212 valence electrons. The van der Waals surface area contributed by atoms with Gasteiger partial charge in [0.05, 0.1) is 17.9 Å². The highest BCUT2D eigenvalue weighted by molar-refractivity contribution is 6.12. The van der Waals surface area contributed by atoms with E-state index in [1.807, 2.05) is 0 Å². The molecule has 0 saturated heterocycles. The first-order valence-corrected chi connectivity index (χ1v) is 10.9. The molecule has 1 heterocycles. The molecule has 15 heteroatoms. The van der Waals surface area contributed by atoms with Crippen LogP contribution in [0.3, 0.4) is 0 Å². The molecular formula is C22H23F12NO2. The molecule has 2 unspecified atom stereocenters. The SMILES string of the molecule is CC(C)OC1=CC(C(F)(F)F)(C(F)(F)F)C2=CC(CCCC(F)(F)F)(C(O)CCC(F)(F)F)C=CC2=N1. The van der Waals surface area contributed by atoms with Crippen LogP contribution in [0, 0.1) is 10.8 Å². The second kappa shape index (κ2) is 10.2.